The minimum absolute atomic E-state index is 0.0790. The van der Waals surface area contributed by atoms with Gasteiger partial charge in [0.2, 0.25) is 24.0 Å². The van der Waals surface area contributed by atoms with E-state index in [1.807, 2.05) is 6.07 Å². The number of ketones is 1. The van der Waals surface area contributed by atoms with Crippen LogP contribution >= 0.6 is 0 Å². The van der Waals surface area contributed by atoms with Gasteiger partial charge in [-0.1, -0.05) is 62.8 Å². The summed E-state index contributed by atoms with van der Waals surface area (Å²) in [5, 5.41) is 11.0. The lowest BCUT2D eigenvalue weighted by Gasteiger charge is -2.38. The lowest BCUT2D eigenvalue weighted by molar-refractivity contribution is -0.140. The van der Waals surface area contributed by atoms with Crippen LogP contribution < -0.4 is 21.3 Å². The summed E-state index contributed by atoms with van der Waals surface area (Å²) in [7, 11) is 3.21. The number of halogens is 3. The zero-order valence-corrected chi connectivity index (χ0v) is 35.0. The third kappa shape index (κ3) is 17.6. The summed E-state index contributed by atoms with van der Waals surface area (Å²) < 4.78 is 43.9. The number of nitrogens with zero attached hydrogens (tertiary/aromatic N) is 2. The van der Waals surface area contributed by atoms with E-state index in [2.05, 4.69) is 34.4 Å². The van der Waals surface area contributed by atoms with Gasteiger partial charge in [0.25, 0.3) is 5.91 Å². The molecule has 15 heteroatoms. The van der Waals surface area contributed by atoms with Gasteiger partial charge >= 0.3 is 6.09 Å². The molecular formula is C42H65F3N6O6. The number of rotatable bonds is 17. The van der Waals surface area contributed by atoms with E-state index in [0.717, 1.165) is 32.1 Å². The van der Waals surface area contributed by atoms with Crippen LogP contribution in [0.1, 0.15) is 111 Å². The number of hydrogen-bond acceptors (Lipinski definition) is 8. The number of likely N-dealkylation sites (tertiary alicyclic amines) is 1. The van der Waals surface area contributed by atoms with Crippen molar-refractivity contribution in [1.29, 1.82) is 0 Å². The van der Waals surface area contributed by atoms with Crippen molar-refractivity contribution < 1.29 is 41.9 Å². The van der Waals surface area contributed by atoms with Gasteiger partial charge in [-0.3, -0.25) is 19.2 Å². The number of ether oxygens (including phenoxy) is 1. The number of alkyl halides is 3. The molecule has 1 saturated carbocycles. The number of alkyl carbamates (subject to hydrolysis) is 1. The third-order valence-electron chi connectivity index (χ3n) is 9.24. The predicted octanol–water partition coefficient (Wildman–Crippen LogP) is 6.34. The second kappa shape index (κ2) is 22.4. The van der Waals surface area contributed by atoms with Crippen molar-refractivity contribution in [3.8, 4) is 0 Å². The fraction of sp³-hybridized carbons (Fsp3) is 0.643. The Balaban J connectivity index is 0.00000210. The molecule has 1 aromatic rings. The SMILES string of the molecule is C=C(CNC(=O)C(=O)C(CCC(F)F)NC(=O)C1CCCN1C(=C)C(NC(=O)OC(C)(C)C)C1CCCCC1)NC(C(=O)N(C)C)c1ccccc1.CC(C)(C)F. The molecule has 3 rings (SSSR count). The lowest BCUT2D eigenvalue weighted by atomic mass is 9.82. The van der Waals surface area contributed by atoms with Gasteiger partial charge in [0.1, 0.15) is 23.4 Å². The van der Waals surface area contributed by atoms with Crippen LogP contribution in [-0.2, 0) is 23.9 Å². The van der Waals surface area contributed by atoms with Crippen molar-refractivity contribution in [3.05, 3.63) is 60.4 Å². The van der Waals surface area contributed by atoms with Gasteiger partial charge in [-0.15, -0.1) is 0 Å². The maximum atomic E-state index is 13.8. The maximum Gasteiger partial charge on any atom is 0.408 e. The maximum absolute atomic E-state index is 13.8. The first-order valence-electron chi connectivity index (χ1n) is 19.7. The van der Waals surface area contributed by atoms with Crippen molar-refractivity contribution in [3.63, 3.8) is 0 Å². The van der Waals surface area contributed by atoms with Gasteiger partial charge < -0.3 is 35.8 Å². The van der Waals surface area contributed by atoms with Crippen LogP contribution in [0, 0.1) is 5.92 Å². The summed E-state index contributed by atoms with van der Waals surface area (Å²) in [6.07, 6.45) is 1.30. The molecule has 1 saturated heterocycles. The number of nitrogens with one attached hydrogen (secondary N) is 4. The molecule has 0 aromatic heterocycles. The van der Waals surface area contributed by atoms with E-state index in [-0.39, 0.29) is 24.1 Å². The highest BCUT2D eigenvalue weighted by molar-refractivity contribution is 6.38. The molecule has 12 nitrogen and oxygen atoms in total. The summed E-state index contributed by atoms with van der Waals surface area (Å²) >= 11 is 0. The number of carbonyl (C=O) groups excluding carboxylic acids is 5. The standard InChI is InChI=1S/C38H56F2N6O6.C4H9F/c1-24(42-32(36(50)45(6)7)27-17-12-9-13-18-27)23-41-35(49)33(47)28(20-21-30(39)40)43-34(48)29-19-14-22-46(29)25(2)31(26-15-10-8-11-16-26)44-37(51)52-38(3,4)5;1-4(2,3)5/h9,12-13,17-18,26,28-32,42H,1-2,8,10-11,14-16,19-23H2,3-7H3,(H,41,49)(H,43,48)(H,44,51);1-3H3. The molecule has 1 aliphatic carbocycles. The fourth-order valence-corrected chi connectivity index (χ4v) is 6.65. The van der Waals surface area contributed by atoms with Crippen molar-refractivity contribution in [2.45, 2.75) is 141 Å². The number of Topliss-reactive ketones (excluding diaryl/α,β-unsaturated/α-hetero) is 1. The molecule has 0 radical (unpaired) electrons. The number of benzene rings is 1. The summed E-state index contributed by atoms with van der Waals surface area (Å²) in [5.41, 5.74) is -0.291. The molecule has 1 aliphatic heterocycles. The first-order chi connectivity index (χ1) is 26.5. The Labute approximate surface area is 336 Å². The van der Waals surface area contributed by atoms with E-state index < -0.39 is 78.4 Å². The van der Waals surface area contributed by atoms with Gasteiger partial charge in [0.15, 0.2) is 0 Å². The highest BCUT2D eigenvalue weighted by atomic mass is 19.3. The molecular weight excluding hydrogens is 741 g/mol. The molecule has 4 amide bonds. The molecule has 2 aliphatic rings. The Morgan fingerprint density at radius 2 is 1.47 bits per heavy atom. The molecule has 0 spiro atoms. The van der Waals surface area contributed by atoms with E-state index in [0.29, 0.717) is 30.6 Å². The zero-order chi connectivity index (χ0) is 43.1. The largest absolute Gasteiger partial charge is 0.444 e. The number of likely N-dealkylation sites (N-methyl/N-ethyl adjacent to an activating group) is 1. The minimum Gasteiger partial charge on any atom is -0.444 e. The Morgan fingerprint density at radius 1 is 0.877 bits per heavy atom. The van der Waals surface area contributed by atoms with E-state index in [1.54, 1.807) is 64.0 Å². The molecule has 57 heavy (non-hydrogen) atoms. The lowest BCUT2D eigenvalue weighted by Crippen LogP contribution is -2.54. The van der Waals surface area contributed by atoms with E-state index >= 15 is 0 Å². The molecule has 0 bridgehead atoms. The first-order valence-corrected chi connectivity index (χ1v) is 19.7. The van der Waals surface area contributed by atoms with Gasteiger partial charge in [0, 0.05) is 38.5 Å². The van der Waals surface area contributed by atoms with E-state index in [1.165, 1.54) is 25.7 Å². The van der Waals surface area contributed by atoms with Crippen molar-refractivity contribution >= 4 is 29.6 Å². The van der Waals surface area contributed by atoms with Crippen molar-refractivity contribution in [2.75, 3.05) is 27.2 Å². The number of carbonyl (C=O) groups is 5. The van der Waals surface area contributed by atoms with Crippen LogP contribution in [0.4, 0.5) is 18.0 Å². The van der Waals surface area contributed by atoms with E-state index in [9.17, 15) is 37.1 Å². The summed E-state index contributed by atoms with van der Waals surface area (Å²) in [6.45, 7) is 18.3. The van der Waals surface area contributed by atoms with Gasteiger partial charge in [0.05, 0.1) is 18.6 Å². The minimum atomic E-state index is -2.76. The highest BCUT2D eigenvalue weighted by Crippen LogP contribution is 2.33. The third-order valence-corrected chi connectivity index (χ3v) is 9.24. The van der Waals surface area contributed by atoms with Crippen LogP contribution in [0.25, 0.3) is 0 Å². The number of hydrogen-bond donors (Lipinski definition) is 4. The normalized spacial score (nSPS) is 17.5. The quantitative estimate of drug-likeness (QED) is 0.133. The monoisotopic (exact) mass is 806 g/mol. The van der Waals surface area contributed by atoms with Gasteiger partial charge in [-0.2, -0.15) is 0 Å². The van der Waals surface area contributed by atoms with Crippen LogP contribution in [0.5, 0.6) is 0 Å². The molecule has 1 aromatic carbocycles. The molecule has 1 heterocycles. The predicted molar refractivity (Wildman–Crippen MR) is 215 cm³/mol. The van der Waals surface area contributed by atoms with Crippen LogP contribution in [0.3, 0.4) is 0 Å². The molecule has 4 unspecified atom stereocenters. The summed E-state index contributed by atoms with van der Waals surface area (Å²) in [4.78, 5) is 69.1. The van der Waals surface area contributed by atoms with Crippen LogP contribution in [0.15, 0.2) is 54.9 Å². The Hall–Kier alpha value is -4.56. The van der Waals surface area contributed by atoms with Crippen LogP contribution in [-0.4, -0.2) is 102 Å². The van der Waals surface area contributed by atoms with E-state index in [4.69, 9.17) is 4.74 Å². The Kier molecular flexibility index (Phi) is 19.1. The molecule has 4 N–H and O–H groups in total. The Bertz CT molecular complexity index is 1520. The average Bonchev–Trinajstić information content (AvgIpc) is 3.62. The van der Waals surface area contributed by atoms with Crippen molar-refractivity contribution in [2.24, 2.45) is 5.92 Å². The van der Waals surface area contributed by atoms with Gasteiger partial charge in [-0.05, 0) is 85.1 Å². The second-order valence-electron chi connectivity index (χ2n) is 16.8. The summed E-state index contributed by atoms with van der Waals surface area (Å²) in [5.74, 6) is -2.96. The van der Waals surface area contributed by atoms with Crippen molar-refractivity contribution in [1.82, 2.24) is 31.1 Å². The first kappa shape index (κ1) is 48.6. The zero-order valence-electron chi connectivity index (χ0n) is 35.0. The van der Waals surface area contributed by atoms with Crippen LogP contribution in [0.2, 0.25) is 0 Å². The second-order valence-corrected chi connectivity index (χ2v) is 16.8. The Morgan fingerprint density at radius 3 is 2.02 bits per heavy atom. The molecule has 2 fully saturated rings. The molecule has 320 valence electrons. The average molecular weight is 807 g/mol. The summed E-state index contributed by atoms with van der Waals surface area (Å²) in [6, 6.07) is 5.28. The fourth-order valence-electron chi connectivity index (χ4n) is 6.65. The highest BCUT2D eigenvalue weighted by Gasteiger charge is 2.39. The molecule has 4 atom stereocenters. The number of amides is 4. The van der Waals surface area contributed by atoms with Gasteiger partial charge in [-0.25, -0.2) is 18.0 Å². The smallest absolute Gasteiger partial charge is 0.408 e. The topological polar surface area (TPSA) is 149 Å².